The Morgan fingerprint density at radius 1 is 1.21 bits per heavy atom. The molecule has 0 spiro atoms. The van der Waals surface area contributed by atoms with Gasteiger partial charge in [0.05, 0.1) is 12.1 Å². The van der Waals surface area contributed by atoms with Crippen LogP contribution in [0.4, 0.5) is 10.5 Å². The summed E-state index contributed by atoms with van der Waals surface area (Å²) in [5.74, 6) is 0.858. The van der Waals surface area contributed by atoms with Gasteiger partial charge in [-0.25, -0.2) is 9.86 Å². The van der Waals surface area contributed by atoms with Gasteiger partial charge in [0.15, 0.2) is 0 Å². The fourth-order valence-corrected chi connectivity index (χ4v) is 2.58. The van der Waals surface area contributed by atoms with Crippen molar-refractivity contribution >= 4 is 34.9 Å². The maximum atomic E-state index is 11.8. The van der Waals surface area contributed by atoms with Crippen LogP contribution in [0.15, 0.2) is 48.5 Å². The third-order valence-electron chi connectivity index (χ3n) is 3.45. The molecule has 1 N–H and O–H groups in total. The Morgan fingerprint density at radius 3 is 2.61 bits per heavy atom. The van der Waals surface area contributed by atoms with Gasteiger partial charge >= 0.3 is 6.03 Å². The van der Waals surface area contributed by atoms with Gasteiger partial charge in [-0.3, -0.25) is 9.57 Å². The van der Waals surface area contributed by atoms with Gasteiger partial charge in [-0.05, 0) is 42.8 Å². The first kappa shape index (κ1) is 22.1. The second kappa shape index (κ2) is 9.84. The van der Waals surface area contributed by atoms with E-state index in [4.69, 9.17) is 42.3 Å². The Hall–Kier alpha value is -2.19. The van der Waals surface area contributed by atoms with Gasteiger partial charge in [0, 0.05) is 25.7 Å². The van der Waals surface area contributed by atoms with Crippen LogP contribution in [0.3, 0.4) is 0 Å². The summed E-state index contributed by atoms with van der Waals surface area (Å²) < 4.78 is 16.9. The number of amides is 2. The summed E-state index contributed by atoms with van der Waals surface area (Å²) in [5, 5.41) is 2.64. The monoisotopic (exact) mass is 428 g/mol. The number of anilines is 1. The van der Waals surface area contributed by atoms with Crippen molar-refractivity contribution in [1.82, 2.24) is 5.06 Å². The van der Waals surface area contributed by atoms with E-state index in [9.17, 15) is 4.79 Å². The van der Waals surface area contributed by atoms with Gasteiger partial charge in [0.25, 0.3) is 5.25 Å². The van der Waals surface area contributed by atoms with Crippen LogP contribution in [0.1, 0.15) is 13.8 Å². The van der Waals surface area contributed by atoms with E-state index in [-0.39, 0.29) is 0 Å². The maximum absolute atomic E-state index is 11.8. The molecule has 2 atom stereocenters. The topological polar surface area (TPSA) is 69.3 Å². The quantitative estimate of drug-likeness (QED) is 0.359. The van der Waals surface area contributed by atoms with Crippen molar-refractivity contribution in [2.24, 2.45) is 0 Å². The van der Waals surface area contributed by atoms with Crippen LogP contribution in [-0.2, 0) is 9.57 Å². The summed E-state index contributed by atoms with van der Waals surface area (Å²) in [4.78, 5) is 16.7. The molecule has 2 unspecified atom stereocenters. The second-order valence-corrected chi connectivity index (χ2v) is 6.90. The molecule has 2 aromatic rings. The number of halogens is 2. The third-order valence-corrected chi connectivity index (χ3v) is 3.93. The van der Waals surface area contributed by atoms with Gasteiger partial charge in [0.1, 0.15) is 11.5 Å². The number of nitrogens with one attached hydrogen (secondary N) is 1. The molecule has 2 amide bonds. The van der Waals surface area contributed by atoms with Crippen molar-refractivity contribution in [2.75, 3.05) is 19.5 Å². The number of urea groups is 1. The molecule has 0 aliphatic heterocycles. The van der Waals surface area contributed by atoms with Crippen LogP contribution in [0.25, 0.3) is 0 Å². The fraction of sp³-hybridized carbons (Fsp3) is 0.316. The number of carbonyl (C=O) groups is 1. The minimum absolute atomic E-state index is 0.390. The average molecular weight is 429 g/mol. The summed E-state index contributed by atoms with van der Waals surface area (Å²) in [7, 11) is 2.89. The van der Waals surface area contributed by atoms with Crippen molar-refractivity contribution in [1.29, 1.82) is 0 Å². The van der Waals surface area contributed by atoms with E-state index in [1.54, 1.807) is 55.5 Å². The fourth-order valence-electron chi connectivity index (χ4n) is 2.19. The Labute approximate surface area is 174 Å². The molecule has 2 aromatic carbocycles. The minimum Gasteiger partial charge on any atom is -0.465 e. The SMILES string of the molecule is CON(C)C(=O)Nc1cccc(OC(C)OC(C)(Cl)Oc2ccccc2Cl)c1. The molecule has 0 heterocycles. The average Bonchev–Trinajstić information content (AvgIpc) is 2.62. The summed E-state index contributed by atoms with van der Waals surface area (Å²) in [5.41, 5.74) is 0.527. The van der Waals surface area contributed by atoms with E-state index in [1.807, 2.05) is 0 Å². The molecule has 0 saturated carbocycles. The molecule has 0 saturated heterocycles. The molecule has 7 nitrogen and oxygen atoms in total. The third kappa shape index (κ3) is 6.76. The number of para-hydroxylation sites is 1. The molecule has 9 heteroatoms. The number of ether oxygens (including phenoxy) is 3. The number of hydrogen-bond acceptors (Lipinski definition) is 5. The molecule has 152 valence electrons. The highest BCUT2D eigenvalue weighted by molar-refractivity contribution is 6.32. The molecule has 0 aliphatic carbocycles. The van der Waals surface area contributed by atoms with E-state index < -0.39 is 17.6 Å². The highest BCUT2D eigenvalue weighted by Crippen LogP contribution is 2.31. The zero-order valence-electron chi connectivity index (χ0n) is 15.9. The second-order valence-electron chi connectivity index (χ2n) is 5.81. The van der Waals surface area contributed by atoms with Crippen molar-refractivity contribution < 1.29 is 23.8 Å². The summed E-state index contributed by atoms with van der Waals surface area (Å²) >= 11 is 12.4. The lowest BCUT2D eigenvalue weighted by Crippen LogP contribution is -2.35. The van der Waals surface area contributed by atoms with Crippen LogP contribution in [-0.4, -0.2) is 36.8 Å². The molecule has 2 rings (SSSR count). The zero-order valence-corrected chi connectivity index (χ0v) is 17.5. The minimum atomic E-state index is -1.50. The van der Waals surface area contributed by atoms with E-state index in [0.717, 1.165) is 5.06 Å². The Morgan fingerprint density at radius 2 is 1.93 bits per heavy atom. The van der Waals surface area contributed by atoms with Crippen LogP contribution < -0.4 is 14.8 Å². The first-order chi connectivity index (χ1) is 13.2. The summed E-state index contributed by atoms with van der Waals surface area (Å²) in [6, 6.07) is 13.3. The van der Waals surface area contributed by atoms with Gasteiger partial charge in [0.2, 0.25) is 6.29 Å². The summed E-state index contributed by atoms with van der Waals surface area (Å²) in [6.45, 7) is 3.20. The number of rotatable bonds is 8. The lowest BCUT2D eigenvalue weighted by molar-refractivity contribution is -0.194. The molecule has 0 aromatic heterocycles. The zero-order chi connectivity index (χ0) is 20.7. The lowest BCUT2D eigenvalue weighted by Gasteiger charge is -2.28. The Bertz CT molecular complexity index is 803. The number of hydroxylamine groups is 2. The highest BCUT2D eigenvalue weighted by atomic mass is 35.5. The van der Waals surface area contributed by atoms with Gasteiger partial charge < -0.3 is 14.8 Å². The maximum Gasteiger partial charge on any atom is 0.345 e. The van der Waals surface area contributed by atoms with E-state index in [0.29, 0.717) is 22.2 Å². The Kier molecular flexibility index (Phi) is 7.77. The summed E-state index contributed by atoms with van der Waals surface area (Å²) in [6.07, 6.45) is -0.752. The van der Waals surface area contributed by atoms with E-state index in [1.165, 1.54) is 21.1 Å². The molecule has 0 bridgehead atoms. The van der Waals surface area contributed by atoms with E-state index in [2.05, 4.69) is 5.32 Å². The van der Waals surface area contributed by atoms with Crippen LogP contribution in [0, 0.1) is 0 Å². The first-order valence-electron chi connectivity index (χ1n) is 8.36. The predicted molar refractivity (Wildman–Crippen MR) is 108 cm³/mol. The standard InChI is InChI=1S/C19H22Cl2N2O5/c1-13(27-19(2,21)28-17-11-6-5-10-16(17)20)26-15-9-7-8-14(12-15)22-18(24)23(3)25-4/h5-13H,1-4H3,(H,22,24). The normalized spacial score (nSPS) is 13.9. The van der Waals surface area contributed by atoms with Gasteiger partial charge in [-0.2, -0.15) is 0 Å². The molecule has 0 fully saturated rings. The Balaban J connectivity index is 1.96. The molecule has 0 aliphatic rings. The van der Waals surface area contributed by atoms with Crippen molar-refractivity contribution in [3.8, 4) is 11.5 Å². The number of hydrogen-bond donors (Lipinski definition) is 1. The van der Waals surface area contributed by atoms with Crippen molar-refractivity contribution in [3.05, 3.63) is 53.6 Å². The molecular formula is C19H22Cl2N2O5. The number of carbonyl (C=O) groups excluding carboxylic acids is 1. The molecular weight excluding hydrogens is 407 g/mol. The smallest absolute Gasteiger partial charge is 0.345 e. The number of alkyl halides is 1. The largest absolute Gasteiger partial charge is 0.465 e. The first-order valence-corrected chi connectivity index (χ1v) is 9.11. The molecule has 28 heavy (non-hydrogen) atoms. The van der Waals surface area contributed by atoms with Gasteiger partial charge in [-0.1, -0.05) is 29.8 Å². The van der Waals surface area contributed by atoms with E-state index >= 15 is 0 Å². The van der Waals surface area contributed by atoms with Crippen molar-refractivity contribution in [3.63, 3.8) is 0 Å². The number of benzene rings is 2. The highest BCUT2D eigenvalue weighted by Gasteiger charge is 2.28. The van der Waals surface area contributed by atoms with Crippen molar-refractivity contribution in [2.45, 2.75) is 25.4 Å². The van der Waals surface area contributed by atoms with Crippen LogP contribution >= 0.6 is 23.2 Å². The predicted octanol–water partition coefficient (Wildman–Crippen LogP) is 5.10. The lowest BCUT2D eigenvalue weighted by atomic mass is 10.3. The number of nitrogens with zero attached hydrogens (tertiary/aromatic N) is 1. The van der Waals surface area contributed by atoms with Gasteiger partial charge in [-0.15, -0.1) is 0 Å². The van der Waals surface area contributed by atoms with Crippen LogP contribution in [0.2, 0.25) is 5.02 Å². The van der Waals surface area contributed by atoms with Crippen LogP contribution in [0.5, 0.6) is 11.5 Å². The molecule has 0 radical (unpaired) electrons.